The predicted octanol–water partition coefficient (Wildman–Crippen LogP) is 3.54. The number of benzene rings is 1. The quantitative estimate of drug-likeness (QED) is 0.889. The normalized spacial score (nSPS) is 19.0. The Bertz CT molecular complexity index is 485. The van der Waals surface area contributed by atoms with Crippen LogP contribution in [0.25, 0.3) is 0 Å². The van der Waals surface area contributed by atoms with Crippen molar-refractivity contribution in [1.29, 1.82) is 0 Å². The minimum Gasteiger partial charge on any atom is -0.478 e. The van der Waals surface area contributed by atoms with E-state index in [0.29, 0.717) is 5.69 Å². The lowest BCUT2D eigenvalue weighted by atomic mass is 9.85. The van der Waals surface area contributed by atoms with Crippen molar-refractivity contribution in [3.63, 3.8) is 0 Å². The van der Waals surface area contributed by atoms with Crippen molar-refractivity contribution in [3.05, 3.63) is 29.6 Å². The van der Waals surface area contributed by atoms with E-state index in [1.54, 1.807) is 6.07 Å². The van der Waals surface area contributed by atoms with Crippen LogP contribution in [0.4, 0.5) is 10.1 Å². The number of rotatable bonds is 2. The van der Waals surface area contributed by atoms with E-state index in [2.05, 4.69) is 18.7 Å². The van der Waals surface area contributed by atoms with Gasteiger partial charge in [-0.25, -0.2) is 9.18 Å². The highest BCUT2D eigenvalue weighted by molar-refractivity contribution is 5.94. The first-order valence-electron chi connectivity index (χ1n) is 6.67. The van der Waals surface area contributed by atoms with Crippen LogP contribution in [0.2, 0.25) is 0 Å². The lowest BCUT2D eigenvalue weighted by Gasteiger charge is -2.26. The summed E-state index contributed by atoms with van der Waals surface area (Å²) in [6, 6.07) is 4.02. The molecule has 4 heteroatoms. The number of hydrogen-bond donors (Lipinski definition) is 1. The molecule has 1 aliphatic heterocycles. The zero-order chi connectivity index (χ0) is 14.0. The van der Waals surface area contributed by atoms with Gasteiger partial charge < -0.3 is 10.0 Å². The summed E-state index contributed by atoms with van der Waals surface area (Å²) in [6.07, 6.45) is 3.18. The third kappa shape index (κ3) is 3.25. The Kier molecular flexibility index (Phi) is 3.78. The summed E-state index contributed by atoms with van der Waals surface area (Å²) in [5, 5.41) is 9.20. The van der Waals surface area contributed by atoms with Gasteiger partial charge in [0.2, 0.25) is 0 Å². The van der Waals surface area contributed by atoms with E-state index >= 15 is 0 Å². The molecule has 1 aromatic rings. The molecule has 2 rings (SSSR count). The van der Waals surface area contributed by atoms with E-state index in [4.69, 9.17) is 0 Å². The van der Waals surface area contributed by atoms with Crippen molar-refractivity contribution in [2.45, 2.75) is 33.1 Å². The van der Waals surface area contributed by atoms with Gasteiger partial charge in [0, 0.05) is 13.1 Å². The smallest absolute Gasteiger partial charge is 0.337 e. The average Bonchev–Trinajstić information content (AvgIpc) is 2.50. The van der Waals surface area contributed by atoms with Crippen LogP contribution >= 0.6 is 0 Å². The van der Waals surface area contributed by atoms with Gasteiger partial charge in [-0.2, -0.15) is 0 Å². The second-order valence-electron chi connectivity index (χ2n) is 5.97. The summed E-state index contributed by atoms with van der Waals surface area (Å²) in [5.41, 5.74) is 0.976. The summed E-state index contributed by atoms with van der Waals surface area (Å²) in [5.74, 6) is -1.57. The Morgan fingerprint density at radius 1 is 1.32 bits per heavy atom. The molecule has 1 aliphatic rings. The number of halogens is 1. The molecule has 1 N–H and O–H groups in total. The van der Waals surface area contributed by atoms with E-state index < -0.39 is 11.8 Å². The molecule has 1 aromatic carbocycles. The Labute approximate surface area is 113 Å². The van der Waals surface area contributed by atoms with Gasteiger partial charge in [-0.3, -0.25) is 0 Å². The van der Waals surface area contributed by atoms with E-state index in [1.165, 1.54) is 6.07 Å². The molecule has 0 amide bonds. The lowest BCUT2D eigenvalue weighted by molar-refractivity contribution is 0.0697. The molecule has 0 aliphatic carbocycles. The average molecular weight is 265 g/mol. The number of carboxylic acid groups (broad SMARTS) is 1. The molecule has 3 nitrogen and oxygen atoms in total. The van der Waals surface area contributed by atoms with Crippen LogP contribution in [-0.2, 0) is 0 Å². The fourth-order valence-electron chi connectivity index (χ4n) is 2.62. The van der Waals surface area contributed by atoms with Crippen molar-refractivity contribution in [1.82, 2.24) is 0 Å². The van der Waals surface area contributed by atoms with Crippen molar-refractivity contribution >= 4 is 11.7 Å². The Balaban J connectivity index is 2.29. The molecule has 0 saturated carbocycles. The van der Waals surface area contributed by atoms with Crippen molar-refractivity contribution < 1.29 is 14.3 Å². The topological polar surface area (TPSA) is 40.5 Å². The highest BCUT2D eigenvalue weighted by Gasteiger charge is 2.25. The molecule has 1 saturated heterocycles. The third-order valence-electron chi connectivity index (χ3n) is 3.87. The molecular weight excluding hydrogens is 245 g/mol. The number of carboxylic acids is 1. The molecule has 0 bridgehead atoms. The Hall–Kier alpha value is -1.58. The summed E-state index contributed by atoms with van der Waals surface area (Å²) < 4.78 is 13.2. The first-order chi connectivity index (χ1) is 8.89. The van der Waals surface area contributed by atoms with Crippen LogP contribution in [0.3, 0.4) is 0 Å². The van der Waals surface area contributed by atoms with Crippen molar-refractivity contribution in [2.75, 3.05) is 18.0 Å². The van der Waals surface area contributed by atoms with E-state index in [1.807, 2.05) is 0 Å². The number of hydrogen-bond acceptors (Lipinski definition) is 2. The SMILES string of the molecule is CC1(C)CCCN(c2ccc(F)cc2C(=O)O)CC1. The van der Waals surface area contributed by atoms with Gasteiger partial charge in [-0.15, -0.1) is 0 Å². The molecule has 0 atom stereocenters. The molecule has 0 radical (unpaired) electrons. The van der Waals surface area contributed by atoms with Gasteiger partial charge in [-0.05, 0) is 42.9 Å². The molecule has 1 fully saturated rings. The van der Waals surface area contributed by atoms with E-state index in [9.17, 15) is 14.3 Å². The summed E-state index contributed by atoms with van der Waals surface area (Å²) in [6.45, 7) is 6.12. The predicted molar refractivity (Wildman–Crippen MR) is 73.2 cm³/mol. The number of aromatic carboxylic acids is 1. The zero-order valence-corrected chi connectivity index (χ0v) is 11.4. The summed E-state index contributed by atoms with van der Waals surface area (Å²) >= 11 is 0. The maximum absolute atomic E-state index is 13.2. The molecule has 0 spiro atoms. The monoisotopic (exact) mass is 265 g/mol. The first kappa shape index (κ1) is 13.8. The Morgan fingerprint density at radius 2 is 2.05 bits per heavy atom. The van der Waals surface area contributed by atoms with Gasteiger partial charge in [-0.1, -0.05) is 13.8 Å². The minimum absolute atomic E-state index is 0.0553. The van der Waals surface area contributed by atoms with E-state index in [-0.39, 0.29) is 11.0 Å². The maximum Gasteiger partial charge on any atom is 0.337 e. The van der Waals surface area contributed by atoms with Crippen LogP contribution in [0.1, 0.15) is 43.5 Å². The fraction of sp³-hybridized carbons (Fsp3) is 0.533. The zero-order valence-electron chi connectivity index (χ0n) is 11.4. The van der Waals surface area contributed by atoms with Crippen molar-refractivity contribution in [3.8, 4) is 0 Å². The van der Waals surface area contributed by atoms with Crippen LogP contribution in [-0.4, -0.2) is 24.2 Å². The third-order valence-corrected chi connectivity index (χ3v) is 3.87. The molecule has 19 heavy (non-hydrogen) atoms. The minimum atomic E-state index is -1.07. The number of carbonyl (C=O) groups is 1. The first-order valence-corrected chi connectivity index (χ1v) is 6.67. The van der Waals surface area contributed by atoms with Crippen LogP contribution in [0.5, 0.6) is 0 Å². The second kappa shape index (κ2) is 5.19. The van der Waals surface area contributed by atoms with Gasteiger partial charge in [0.05, 0.1) is 11.3 Å². The molecule has 0 unspecified atom stereocenters. The molecular formula is C15H20FNO2. The lowest BCUT2D eigenvalue weighted by Crippen LogP contribution is -2.27. The molecule has 0 aromatic heterocycles. The summed E-state index contributed by atoms with van der Waals surface area (Å²) in [7, 11) is 0. The summed E-state index contributed by atoms with van der Waals surface area (Å²) in [4.78, 5) is 13.3. The van der Waals surface area contributed by atoms with Crippen LogP contribution < -0.4 is 4.90 Å². The number of nitrogens with zero attached hydrogens (tertiary/aromatic N) is 1. The second-order valence-corrected chi connectivity index (χ2v) is 5.97. The largest absolute Gasteiger partial charge is 0.478 e. The van der Waals surface area contributed by atoms with E-state index in [0.717, 1.165) is 38.4 Å². The number of anilines is 1. The highest BCUT2D eigenvalue weighted by atomic mass is 19.1. The fourth-order valence-corrected chi connectivity index (χ4v) is 2.62. The van der Waals surface area contributed by atoms with Crippen LogP contribution in [0.15, 0.2) is 18.2 Å². The van der Waals surface area contributed by atoms with Crippen molar-refractivity contribution in [2.24, 2.45) is 5.41 Å². The van der Waals surface area contributed by atoms with Gasteiger partial charge in [0.25, 0.3) is 0 Å². The molecule has 104 valence electrons. The molecule has 1 heterocycles. The van der Waals surface area contributed by atoms with Gasteiger partial charge in [0.15, 0.2) is 0 Å². The van der Waals surface area contributed by atoms with Crippen LogP contribution in [0, 0.1) is 11.2 Å². The van der Waals surface area contributed by atoms with Gasteiger partial charge in [0.1, 0.15) is 5.82 Å². The standard InChI is InChI=1S/C15H20FNO2/c1-15(2)6-3-8-17(9-7-15)13-5-4-11(16)10-12(13)14(18)19/h4-5,10H,3,6-9H2,1-2H3,(H,18,19). The Morgan fingerprint density at radius 3 is 2.74 bits per heavy atom. The van der Waals surface area contributed by atoms with Gasteiger partial charge >= 0.3 is 5.97 Å². The maximum atomic E-state index is 13.2. The highest BCUT2D eigenvalue weighted by Crippen LogP contribution is 2.32.